The molecule has 0 aromatic heterocycles. The first-order chi connectivity index (χ1) is 9.63. The van der Waals surface area contributed by atoms with Gasteiger partial charge >= 0.3 is 5.97 Å². The van der Waals surface area contributed by atoms with E-state index in [1.807, 2.05) is 13.8 Å². The second-order valence-electron chi connectivity index (χ2n) is 5.39. The van der Waals surface area contributed by atoms with Crippen LogP contribution < -0.4 is 9.62 Å². The molecule has 0 spiro atoms. The Morgan fingerprint density at radius 2 is 1.71 bits per heavy atom. The van der Waals surface area contributed by atoms with Gasteiger partial charge in [-0.15, -0.1) is 0 Å². The fourth-order valence-corrected chi connectivity index (χ4v) is 3.16. The maximum atomic E-state index is 12.0. The lowest BCUT2D eigenvalue weighted by atomic mass is 10.2. The standard InChI is InChI=1S/C14H22N2O4S/c1-10(2)15-21(19,20)13-7-5-12(6-8-13)16(11(3)4)9-14(17)18/h5-8,10-11,15H,9H2,1-4H3,(H,17,18). The number of benzene rings is 1. The summed E-state index contributed by atoms with van der Waals surface area (Å²) in [6, 6.07) is 6.02. The monoisotopic (exact) mass is 314 g/mol. The summed E-state index contributed by atoms with van der Waals surface area (Å²) in [4.78, 5) is 12.7. The van der Waals surface area contributed by atoms with Crippen LogP contribution in [-0.2, 0) is 14.8 Å². The molecule has 0 saturated heterocycles. The van der Waals surface area contributed by atoms with Crippen LogP contribution in [0.4, 0.5) is 5.69 Å². The van der Waals surface area contributed by atoms with E-state index in [9.17, 15) is 13.2 Å². The van der Waals surface area contributed by atoms with Gasteiger partial charge in [0.2, 0.25) is 10.0 Å². The van der Waals surface area contributed by atoms with Crippen molar-refractivity contribution in [3.05, 3.63) is 24.3 Å². The Labute approximate surface area is 125 Å². The van der Waals surface area contributed by atoms with Crippen molar-refractivity contribution < 1.29 is 18.3 Å². The highest BCUT2D eigenvalue weighted by Gasteiger charge is 2.18. The summed E-state index contributed by atoms with van der Waals surface area (Å²) in [5.41, 5.74) is 0.677. The molecule has 0 fully saturated rings. The van der Waals surface area contributed by atoms with Gasteiger partial charge in [0.05, 0.1) is 4.90 Å². The van der Waals surface area contributed by atoms with Crippen molar-refractivity contribution in [2.45, 2.75) is 44.7 Å². The van der Waals surface area contributed by atoms with Gasteiger partial charge in [0.15, 0.2) is 0 Å². The average Bonchev–Trinajstić information content (AvgIpc) is 2.34. The molecule has 0 unspecified atom stereocenters. The maximum Gasteiger partial charge on any atom is 0.323 e. The lowest BCUT2D eigenvalue weighted by Gasteiger charge is -2.27. The average molecular weight is 314 g/mol. The van der Waals surface area contributed by atoms with Gasteiger partial charge in [-0.2, -0.15) is 0 Å². The van der Waals surface area contributed by atoms with Crippen molar-refractivity contribution in [3.63, 3.8) is 0 Å². The first-order valence-electron chi connectivity index (χ1n) is 6.74. The van der Waals surface area contributed by atoms with Crippen LogP contribution in [0.5, 0.6) is 0 Å². The molecule has 1 aromatic rings. The SMILES string of the molecule is CC(C)NS(=O)(=O)c1ccc(N(CC(=O)O)C(C)C)cc1. The zero-order chi connectivity index (χ0) is 16.2. The summed E-state index contributed by atoms with van der Waals surface area (Å²) in [6.45, 7) is 7.13. The van der Waals surface area contributed by atoms with Gasteiger partial charge < -0.3 is 10.0 Å². The molecule has 0 amide bonds. The van der Waals surface area contributed by atoms with Crippen molar-refractivity contribution in [3.8, 4) is 0 Å². The zero-order valence-corrected chi connectivity index (χ0v) is 13.5. The predicted octanol–water partition coefficient (Wildman–Crippen LogP) is 1.67. The van der Waals surface area contributed by atoms with Crippen LogP contribution in [0.3, 0.4) is 0 Å². The van der Waals surface area contributed by atoms with Gasteiger partial charge in [0.25, 0.3) is 0 Å². The van der Waals surface area contributed by atoms with Crippen LogP contribution >= 0.6 is 0 Å². The number of aliphatic carboxylic acids is 1. The third-order valence-electron chi connectivity index (χ3n) is 2.80. The molecular formula is C14H22N2O4S. The van der Waals surface area contributed by atoms with E-state index in [1.54, 1.807) is 30.9 Å². The third-order valence-corrected chi connectivity index (χ3v) is 4.47. The molecule has 0 heterocycles. The quantitative estimate of drug-likeness (QED) is 0.799. The minimum absolute atomic E-state index is 0.00246. The fraction of sp³-hybridized carbons (Fsp3) is 0.500. The number of hydrogen-bond donors (Lipinski definition) is 2. The summed E-state index contributed by atoms with van der Waals surface area (Å²) >= 11 is 0. The van der Waals surface area contributed by atoms with Crippen molar-refractivity contribution in [1.29, 1.82) is 0 Å². The molecule has 1 aromatic carbocycles. The van der Waals surface area contributed by atoms with E-state index in [4.69, 9.17) is 5.11 Å². The highest BCUT2D eigenvalue weighted by Crippen LogP contribution is 2.20. The number of sulfonamides is 1. The fourth-order valence-electron chi connectivity index (χ4n) is 1.91. The zero-order valence-electron chi connectivity index (χ0n) is 12.7. The molecule has 0 aliphatic carbocycles. The van der Waals surface area contributed by atoms with Gasteiger partial charge in [-0.1, -0.05) is 0 Å². The Kier molecular flexibility index (Phi) is 5.74. The Morgan fingerprint density at radius 1 is 1.19 bits per heavy atom. The van der Waals surface area contributed by atoms with Gasteiger partial charge in [-0.25, -0.2) is 13.1 Å². The van der Waals surface area contributed by atoms with Crippen molar-refractivity contribution >= 4 is 21.7 Å². The topological polar surface area (TPSA) is 86.7 Å². The molecule has 0 saturated carbocycles. The first kappa shape index (κ1) is 17.5. The molecule has 1 rings (SSSR count). The van der Waals surface area contributed by atoms with Gasteiger partial charge in [-0.3, -0.25) is 4.79 Å². The van der Waals surface area contributed by atoms with Gasteiger partial charge in [-0.05, 0) is 52.0 Å². The summed E-state index contributed by atoms with van der Waals surface area (Å²) in [7, 11) is -3.53. The molecule has 0 atom stereocenters. The smallest absolute Gasteiger partial charge is 0.323 e. The molecule has 0 radical (unpaired) electrons. The minimum atomic E-state index is -3.53. The molecule has 6 nitrogen and oxygen atoms in total. The van der Waals surface area contributed by atoms with E-state index in [0.29, 0.717) is 5.69 Å². The predicted molar refractivity (Wildman–Crippen MR) is 82.0 cm³/mol. The summed E-state index contributed by atoms with van der Waals surface area (Å²) in [5, 5.41) is 8.93. The van der Waals surface area contributed by atoms with Crippen LogP contribution in [0.2, 0.25) is 0 Å². The molecule has 0 bridgehead atoms. The Morgan fingerprint density at radius 3 is 2.10 bits per heavy atom. The van der Waals surface area contributed by atoms with E-state index >= 15 is 0 Å². The lowest BCUT2D eigenvalue weighted by molar-refractivity contribution is -0.135. The lowest BCUT2D eigenvalue weighted by Crippen LogP contribution is -2.35. The molecule has 0 aliphatic heterocycles. The maximum absolute atomic E-state index is 12.0. The highest BCUT2D eigenvalue weighted by atomic mass is 32.2. The minimum Gasteiger partial charge on any atom is -0.480 e. The number of carbonyl (C=O) groups is 1. The van der Waals surface area contributed by atoms with E-state index in [1.165, 1.54) is 12.1 Å². The van der Waals surface area contributed by atoms with E-state index in [2.05, 4.69) is 4.72 Å². The largest absolute Gasteiger partial charge is 0.480 e. The Balaban J connectivity index is 3.03. The van der Waals surface area contributed by atoms with Crippen LogP contribution in [-0.4, -0.2) is 38.1 Å². The molecule has 2 N–H and O–H groups in total. The second-order valence-corrected chi connectivity index (χ2v) is 7.10. The summed E-state index contributed by atoms with van der Waals surface area (Å²) < 4.78 is 26.5. The van der Waals surface area contributed by atoms with Gasteiger partial charge in [0.1, 0.15) is 6.54 Å². The summed E-state index contributed by atoms with van der Waals surface area (Å²) in [6.07, 6.45) is 0. The Bertz CT molecular complexity index is 579. The number of anilines is 1. The molecule has 0 aliphatic rings. The molecule has 21 heavy (non-hydrogen) atoms. The van der Waals surface area contributed by atoms with Crippen LogP contribution in [0, 0.1) is 0 Å². The highest BCUT2D eigenvalue weighted by molar-refractivity contribution is 7.89. The number of carboxylic acids is 1. The first-order valence-corrected chi connectivity index (χ1v) is 8.22. The van der Waals surface area contributed by atoms with E-state index in [-0.39, 0.29) is 23.5 Å². The van der Waals surface area contributed by atoms with Crippen LogP contribution in [0.15, 0.2) is 29.2 Å². The van der Waals surface area contributed by atoms with Crippen molar-refractivity contribution in [2.24, 2.45) is 0 Å². The van der Waals surface area contributed by atoms with Crippen LogP contribution in [0.1, 0.15) is 27.7 Å². The number of rotatable bonds is 7. The molecular weight excluding hydrogens is 292 g/mol. The van der Waals surface area contributed by atoms with E-state index < -0.39 is 16.0 Å². The Hall–Kier alpha value is -1.60. The number of nitrogens with one attached hydrogen (secondary N) is 1. The summed E-state index contributed by atoms with van der Waals surface area (Å²) in [5.74, 6) is -0.929. The molecule has 7 heteroatoms. The molecule has 118 valence electrons. The third kappa shape index (κ3) is 5.02. The van der Waals surface area contributed by atoms with Crippen molar-refractivity contribution in [1.82, 2.24) is 4.72 Å². The van der Waals surface area contributed by atoms with E-state index in [0.717, 1.165) is 0 Å². The second kappa shape index (κ2) is 6.91. The van der Waals surface area contributed by atoms with Crippen molar-refractivity contribution in [2.75, 3.05) is 11.4 Å². The van der Waals surface area contributed by atoms with Crippen LogP contribution in [0.25, 0.3) is 0 Å². The van der Waals surface area contributed by atoms with Gasteiger partial charge in [0, 0.05) is 17.8 Å². The number of nitrogens with zero attached hydrogens (tertiary/aromatic N) is 1. The number of hydrogen-bond acceptors (Lipinski definition) is 4. The number of carboxylic acid groups (broad SMARTS) is 1. The normalized spacial score (nSPS) is 11.9.